The molecule has 0 aliphatic heterocycles. The molecular weight excluding hydrogens is 543 g/mol. The van der Waals surface area contributed by atoms with E-state index in [4.69, 9.17) is 18.4 Å². The molecule has 0 atom stereocenters. The van der Waals surface area contributed by atoms with E-state index < -0.39 is 7.60 Å². The highest BCUT2D eigenvalue weighted by Crippen LogP contribution is 2.46. The quantitative estimate of drug-likeness (QED) is 0.210. The van der Waals surface area contributed by atoms with Crippen molar-refractivity contribution < 1.29 is 22.8 Å². The van der Waals surface area contributed by atoms with Crippen LogP contribution < -0.4 is 10.6 Å². The lowest BCUT2D eigenvalue weighted by atomic mass is 10.1. The minimum Gasteiger partial charge on any atom is -0.460 e. The van der Waals surface area contributed by atoms with Gasteiger partial charge in [-0.2, -0.15) is 10.4 Å². The first-order chi connectivity index (χ1) is 19.7. The van der Waals surface area contributed by atoms with Crippen molar-refractivity contribution in [2.75, 3.05) is 18.5 Å². The molecule has 0 bridgehead atoms. The number of rotatable bonds is 10. The van der Waals surface area contributed by atoms with Crippen molar-refractivity contribution in [2.45, 2.75) is 47.7 Å². The van der Waals surface area contributed by atoms with Crippen LogP contribution in [0.15, 0.2) is 46.9 Å². The smallest absolute Gasteiger partial charge is 0.361 e. The van der Waals surface area contributed by atoms with E-state index in [9.17, 15) is 14.6 Å². The molecule has 5 aromatic rings. The highest BCUT2D eigenvalue weighted by atomic mass is 31.2. The molecule has 212 valence electrons. The Morgan fingerprint density at radius 2 is 1.80 bits per heavy atom. The van der Waals surface area contributed by atoms with Crippen LogP contribution in [0.25, 0.3) is 22.0 Å². The monoisotopic (exact) mass is 574 g/mol. The van der Waals surface area contributed by atoms with Gasteiger partial charge in [0.2, 0.25) is 5.95 Å². The predicted octanol–water partition coefficient (Wildman–Crippen LogP) is 5.68. The van der Waals surface area contributed by atoms with Crippen LogP contribution in [0.2, 0.25) is 0 Å². The second kappa shape index (κ2) is 11.3. The molecule has 0 saturated carbocycles. The molecular formula is C29H31N6O5P. The highest BCUT2D eigenvalue weighted by Gasteiger charge is 2.27. The summed E-state index contributed by atoms with van der Waals surface area (Å²) < 4.78 is 33.6. The summed E-state index contributed by atoms with van der Waals surface area (Å²) in [5, 5.41) is 18.3. The summed E-state index contributed by atoms with van der Waals surface area (Å²) in [7, 11) is -3.44. The number of hydrogen-bond donors (Lipinski definition) is 1. The molecule has 5 rings (SSSR count). The number of nitrogens with zero attached hydrogens (tertiary/aromatic N) is 5. The van der Waals surface area contributed by atoms with Crippen LogP contribution in [0.3, 0.4) is 0 Å². The lowest BCUT2D eigenvalue weighted by molar-refractivity contribution is 0.101. The number of imidazole rings is 1. The molecule has 12 heteroatoms. The fourth-order valence-corrected chi connectivity index (χ4v) is 6.47. The molecule has 1 N–H and O–H groups in total. The number of nitrogens with one attached hydrogen (secondary N) is 1. The number of hydrogen-bond acceptors (Lipinski definition) is 8. The van der Waals surface area contributed by atoms with Gasteiger partial charge in [0.1, 0.15) is 17.5 Å². The second-order valence-corrected chi connectivity index (χ2v) is 11.5. The third-order valence-corrected chi connectivity index (χ3v) is 8.73. The SMILES string of the molecule is CCOP(=O)(OCC)c1ccc(Cn2c(NC(=O)c3cc(C)nn3CC)nc3cc(C#N)c4oc(C)cc4c32)cc1. The summed E-state index contributed by atoms with van der Waals surface area (Å²) >= 11 is 0. The Kier molecular flexibility index (Phi) is 7.82. The van der Waals surface area contributed by atoms with Crippen LogP contribution in [0, 0.1) is 25.2 Å². The number of aromatic nitrogens is 4. The van der Waals surface area contributed by atoms with Crippen molar-refractivity contribution in [3.8, 4) is 6.07 Å². The van der Waals surface area contributed by atoms with Crippen molar-refractivity contribution in [1.82, 2.24) is 19.3 Å². The lowest BCUT2D eigenvalue weighted by Gasteiger charge is -2.17. The van der Waals surface area contributed by atoms with E-state index >= 15 is 0 Å². The Hall–Kier alpha value is -4.23. The van der Waals surface area contributed by atoms with Crippen molar-refractivity contribution >= 4 is 46.8 Å². The zero-order valence-electron chi connectivity index (χ0n) is 23.6. The Bertz CT molecular complexity index is 1830. The third kappa shape index (κ3) is 5.30. The fraction of sp³-hybridized carbons (Fsp3) is 0.310. The van der Waals surface area contributed by atoms with Gasteiger partial charge >= 0.3 is 7.60 Å². The van der Waals surface area contributed by atoms with E-state index in [2.05, 4.69) is 16.5 Å². The number of furan rings is 1. The topological polar surface area (TPSA) is 137 Å². The van der Waals surface area contributed by atoms with Gasteiger partial charge in [0.25, 0.3) is 5.91 Å². The molecule has 0 aliphatic rings. The summed E-state index contributed by atoms with van der Waals surface area (Å²) in [6.07, 6.45) is 0. The molecule has 0 spiro atoms. The fourth-order valence-electron chi connectivity index (χ4n) is 4.91. The number of fused-ring (bicyclic) bond motifs is 3. The summed E-state index contributed by atoms with van der Waals surface area (Å²) in [5.41, 5.74) is 4.07. The number of carbonyl (C=O) groups is 1. The standard InChI is InChI=1S/C29H31N6O5P/c1-6-35-25(13-18(4)33-35)28(36)32-29-31-24-15-21(16-30)27-23(14-19(5)40-27)26(24)34(29)17-20-9-11-22(12-10-20)41(37,38-7-2)39-8-3/h9-15H,6-8,17H2,1-5H3,(H,31,32,36). The van der Waals surface area contributed by atoms with E-state index in [1.54, 1.807) is 42.8 Å². The van der Waals surface area contributed by atoms with E-state index in [1.165, 1.54) is 0 Å². The average Bonchev–Trinajstić information content (AvgIpc) is 3.62. The van der Waals surface area contributed by atoms with Gasteiger partial charge in [-0.3, -0.25) is 19.4 Å². The molecule has 11 nitrogen and oxygen atoms in total. The number of anilines is 1. The third-order valence-electron chi connectivity index (χ3n) is 6.60. The van der Waals surface area contributed by atoms with Gasteiger partial charge in [0, 0.05) is 11.9 Å². The Morgan fingerprint density at radius 3 is 2.44 bits per heavy atom. The number of benzene rings is 2. The van der Waals surface area contributed by atoms with Crippen molar-refractivity contribution in [2.24, 2.45) is 0 Å². The van der Waals surface area contributed by atoms with E-state index in [0.29, 0.717) is 63.4 Å². The van der Waals surface area contributed by atoms with E-state index in [1.807, 2.05) is 43.5 Å². The molecule has 3 aromatic heterocycles. The summed E-state index contributed by atoms with van der Waals surface area (Å²) in [4.78, 5) is 18.1. The molecule has 0 unspecified atom stereocenters. The molecule has 0 aliphatic carbocycles. The molecule has 3 heterocycles. The zero-order valence-corrected chi connectivity index (χ0v) is 24.5. The van der Waals surface area contributed by atoms with Gasteiger partial charge in [-0.25, -0.2) is 4.98 Å². The van der Waals surface area contributed by atoms with Crippen LogP contribution in [0.4, 0.5) is 5.95 Å². The number of amides is 1. The predicted molar refractivity (Wildman–Crippen MR) is 156 cm³/mol. The molecule has 0 fully saturated rings. The van der Waals surface area contributed by atoms with Crippen LogP contribution in [0.1, 0.15) is 53.8 Å². The molecule has 0 radical (unpaired) electrons. The molecule has 2 aromatic carbocycles. The van der Waals surface area contributed by atoms with Crippen molar-refractivity contribution in [1.29, 1.82) is 5.26 Å². The van der Waals surface area contributed by atoms with Gasteiger partial charge in [0.15, 0.2) is 5.58 Å². The van der Waals surface area contributed by atoms with Crippen LogP contribution in [0.5, 0.6) is 0 Å². The number of nitriles is 1. The summed E-state index contributed by atoms with van der Waals surface area (Å²) in [6.45, 7) is 10.5. The largest absolute Gasteiger partial charge is 0.460 e. The number of aryl methyl sites for hydroxylation is 3. The Labute approximate surface area is 237 Å². The Morgan fingerprint density at radius 1 is 1.10 bits per heavy atom. The van der Waals surface area contributed by atoms with Gasteiger partial charge in [-0.15, -0.1) is 0 Å². The summed E-state index contributed by atoms with van der Waals surface area (Å²) in [5.74, 6) is 0.602. The Balaban J connectivity index is 1.62. The van der Waals surface area contributed by atoms with Gasteiger partial charge < -0.3 is 18.0 Å². The first kappa shape index (κ1) is 28.3. The van der Waals surface area contributed by atoms with Gasteiger partial charge in [0.05, 0.1) is 47.4 Å². The maximum absolute atomic E-state index is 13.4. The molecule has 1 amide bonds. The van der Waals surface area contributed by atoms with Crippen LogP contribution in [-0.2, 0) is 26.7 Å². The first-order valence-electron chi connectivity index (χ1n) is 13.4. The van der Waals surface area contributed by atoms with Gasteiger partial charge in [-0.05, 0) is 70.5 Å². The van der Waals surface area contributed by atoms with Gasteiger partial charge in [-0.1, -0.05) is 12.1 Å². The number of carbonyl (C=O) groups excluding carboxylic acids is 1. The van der Waals surface area contributed by atoms with Crippen molar-refractivity contribution in [3.63, 3.8) is 0 Å². The maximum atomic E-state index is 13.4. The first-order valence-corrected chi connectivity index (χ1v) is 14.9. The average molecular weight is 575 g/mol. The zero-order chi connectivity index (χ0) is 29.3. The maximum Gasteiger partial charge on any atom is 0.361 e. The minimum absolute atomic E-state index is 0.254. The second-order valence-electron chi connectivity index (χ2n) is 9.47. The van der Waals surface area contributed by atoms with Crippen LogP contribution in [-0.4, -0.2) is 38.5 Å². The summed E-state index contributed by atoms with van der Waals surface area (Å²) in [6, 6.07) is 14.6. The van der Waals surface area contributed by atoms with Crippen LogP contribution >= 0.6 is 7.60 Å². The van der Waals surface area contributed by atoms with E-state index in [0.717, 1.165) is 11.3 Å². The normalized spacial score (nSPS) is 11.8. The highest BCUT2D eigenvalue weighted by molar-refractivity contribution is 7.62. The molecule has 0 saturated heterocycles. The lowest BCUT2D eigenvalue weighted by Crippen LogP contribution is -2.20. The van der Waals surface area contributed by atoms with E-state index in [-0.39, 0.29) is 19.1 Å². The van der Waals surface area contributed by atoms with Crippen molar-refractivity contribution in [3.05, 3.63) is 70.7 Å². The molecule has 41 heavy (non-hydrogen) atoms. The minimum atomic E-state index is -3.44.